The number of carbonyl (C=O) groups excluding carboxylic acids is 2. The van der Waals surface area contributed by atoms with Crippen LogP contribution < -0.4 is 0 Å². The first kappa shape index (κ1) is 15.3. The second-order valence-electron chi connectivity index (χ2n) is 4.82. The Morgan fingerprint density at radius 3 is 2.29 bits per heavy atom. The van der Waals surface area contributed by atoms with E-state index in [0.717, 1.165) is 6.42 Å². The zero-order valence-electron chi connectivity index (χ0n) is 12.1. The molecule has 0 saturated carbocycles. The Kier molecular flexibility index (Phi) is 5.11. The van der Waals surface area contributed by atoms with Gasteiger partial charge in [-0.3, -0.25) is 14.5 Å². The molecule has 112 valence electrons. The maximum Gasteiger partial charge on any atom is 0.261 e. The van der Waals surface area contributed by atoms with Crippen molar-refractivity contribution >= 4 is 11.8 Å². The maximum absolute atomic E-state index is 12.1. The van der Waals surface area contributed by atoms with Gasteiger partial charge in [0.05, 0.1) is 36.6 Å². The lowest BCUT2D eigenvalue weighted by molar-refractivity contribution is 0.0541. The van der Waals surface area contributed by atoms with E-state index in [0.29, 0.717) is 36.7 Å². The summed E-state index contributed by atoms with van der Waals surface area (Å²) < 4.78 is 10.6. The number of imide groups is 1. The van der Waals surface area contributed by atoms with Gasteiger partial charge in [-0.15, -0.1) is 0 Å². The summed E-state index contributed by atoms with van der Waals surface area (Å²) >= 11 is 0. The van der Waals surface area contributed by atoms with Crippen LogP contribution in [0.4, 0.5) is 0 Å². The Bertz CT molecular complexity index is 518. The minimum atomic E-state index is -0.246. The highest BCUT2D eigenvalue weighted by Gasteiger charge is 2.34. The zero-order chi connectivity index (χ0) is 15.2. The van der Waals surface area contributed by atoms with Crippen LogP contribution in [0.1, 0.15) is 34.1 Å². The van der Waals surface area contributed by atoms with Gasteiger partial charge in [-0.1, -0.05) is 18.7 Å². The molecule has 0 fully saturated rings. The summed E-state index contributed by atoms with van der Waals surface area (Å²) in [7, 11) is 0. The normalized spacial score (nSPS) is 13.5. The molecule has 1 aromatic carbocycles. The van der Waals surface area contributed by atoms with E-state index >= 15 is 0 Å². The minimum absolute atomic E-state index is 0.246. The van der Waals surface area contributed by atoms with Crippen LogP contribution >= 0.6 is 0 Å². The lowest BCUT2D eigenvalue weighted by Gasteiger charge is -2.13. The van der Waals surface area contributed by atoms with Crippen molar-refractivity contribution in [3.8, 4) is 0 Å². The molecular weight excluding hydrogens is 270 g/mol. The molecule has 1 heterocycles. The fourth-order valence-electron chi connectivity index (χ4n) is 2.11. The van der Waals surface area contributed by atoms with Crippen LogP contribution in [0, 0.1) is 0 Å². The van der Waals surface area contributed by atoms with Gasteiger partial charge in [0.25, 0.3) is 11.8 Å². The van der Waals surface area contributed by atoms with E-state index in [1.54, 1.807) is 31.2 Å². The fourth-order valence-corrected chi connectivity index (χ4v) is 2.11. The van der Waals surface area contributed by atoms with Crippen LogP contribution in [0.15, 0.2) is 36.6 Å². The SMILES string of the molecule is C=C(C)OCCCOCCN1C(=O)c2ccccc2C1=O. The van der Waals surface area contributed by atoms with Gasteiger partial charge in [0, 0.05) is 13.0 Å². The molecule has 1 aliphatic rings. The highest BCUT2D eigenvalue weighted by Crippen LogP contribution is 2.21. The summed E-state index contributed by atoms with van der Waals surface area (Å²) in [6.07, 6.45) is 0.745. The Hall–Kier alpha value is -2.14. The number of amides is 2. The van der Waals surface area contributed by atoms with Crippen molar-refractivity contribution in [1.82, 2.24) is 4.90 Å². The maximum atomic E-state index is 12.1. The first-order chi connectivity index (χ1) is 10.1. The Morgan fingerprint density at radius 1 is 1.10 bits per heavy atom. The van der Waals surface area contributed by atoms with Crippen molar-refractivity contribution in [3.63, 3.8) is 0 Å². The van der Waals surface area contributed by atoms with Crippen molar-refractivity contribution in [2.24, 2.45) is 0 Å². The monoisotopic (exact) mass is 289 g/mol. The number of ether oxygens (including phenoxy) is 2. The average molecular weight is 289 g/mol. The lowest BCUT2D eigenvalue weighted by atomic mass is 10.1. The summed E-state index contributed by atoms with van der Waals surface area (Å²) in [5, 5.41) is 0. The molecule has 5 heteroatoms. The third-order valence-corrected chi connectivity index (χ3v) is 3.12. The summed E-state index contributed by atoms with van der Waals surface area (Å²) in [6, 6.07) is 6.86. The standard InChI is InChI=1S/C16H19NO4/c1-12(2)21-10-5-9-20-11-8-17-15(18)13-6-3-4-7-14(13)16(17)19/h3-4,6-7H,1,5,8-11H2,2H3. The molecule has 0 N–H and O–H groups in total. The van der Waals surface area contributed by atoms with E-state index in [1.165, 1.54) is 4.90 Å². The van der Waals surface area contributed by atoms with Gasteiger partial charge in [0.2, 0.25) is 0 Å². The zero-order valence-corrected chi connectivity index (χ0v) is 12.1. The van der Waals surface area contributed by atoms with Gasteiger partial charge < -0.3 is 9.47 Å². The highest BCUT2D eigenvalue weighted by molar-refractivity contribution is 6.21. The van der Waals surface area contributed by atoms with E-state index in [2.05, 4.69) is 6.58 Å². The van der Waals surface area contributed by atoms with E-state index in [4.69, 9.17) is 9.47 Å². The van der Waals surface area contributed by atoms with E-state index in [-0.39, 0.29) is 18.4 Å². The van der Waals surface area contributed by atoms with Crippen molar-refractivity contribution in [3.05, 3.63) is 47.7 Å². The number of hydrogen-bond acceptors (Lipinski definition) is 4. The summed E-state index contributed by atoms with van der Waals surface area (Å²) in [6.45, 7) is 7.11. The lowest BCUT2D eigenvalue weighted by Crippen LogP contribution is -2.33. The Labute approximate surface area is 124 Å². The first-order valence-corrected chi connectivity index (χ1v) is 6.92. The molecule has 5 nitrogen and oxygen atoms in total. The topological polar surface area (TPSA) is 55.8 Å². The summed E-state index contributed by atoms with van der Waals surface area (Å²) in [5.41, 5.74) is 0.940. The number of carbonyl (C=O) groups is 2. The second kappa shape index (κ2) is 7.04. The molecule has 0 aliphatic carbocycles. The van der Waals surface area contributed by atoms with Crippen LogP contribution in [0.25, 0.3) is 0 Å². The minimum Gasteiger partial charge on any atom is -0.499 e. The van der Waals surface area contributed by atoms with Gasteiger partial charge in [0.15, 0.2) is 0 Å². The molecule has 0 spiro atoms. The molecule has 1 aliphatic heterocycles. The molecule has 0 atom stereocenters. The van der Waals surface area contributed by atoms with Crippen LogP contribution in [0.3, 0.4) is 0 Å². The van der Waals surface area contributed by atoms with Crippen molar-refractivity contribution < 1.29 is 19.1 Å². The quantitative estimate of drug-likeness (QED) is 0.418. The molecule has 2 amide bonds. The number of allylic oxidation sites excluding steroid dienone is 1. The van der Waals surface area contributed by atoms with Crippen molar-refractivity contribution in [2.45, 2.75) is 13.3 Å². The molecule has 0 radical (unpaired) electrons. The Morgan fingerprint density at radius 2 is 1.71 bits per heavy atom. The van der Waals surface area contributed by atoms with E-state index < -0.39 is 0 Å². The highest BCUT2D eigenvalue weighted by atomic mass is 16.5. The van der Waals surface area contributed by atoms with Gasteiger partial charge >= 0.3 is 0 Å². The predicted octanol–water partition coefficient (Wildman–Crippen LogP) is 2.24. The number of fused-ring (bicyclic) bond motifs is 1. The smallest absolute Gasteiger partial charge is 0.261 e. The Balaban J connectivity index is 1.72. The molecule has 1 aromatic rings. The van der Waals surface area contributed by atoms with Crippen molar-refractivity contribution in [2.75, 3.05) is 26.4 Å². The largest absolute Gasteiger partial charge is 0.499 e. The summed E-state index contributed by atoms with van der Waals surface area (Å²) in [4.78, 5) is 25.4. The molecule has 2 rings (SSSR count). The number of hydrogen-bond donors (Lipinski definition) is 0. The van der Waals surface area contributed by atoms with Crippen LogP contribution in [0.5, 0.6) is 0 Å². The van der Waals surface area contributed by atoms with E-state index in [9.17, 15) is 9.59 Å². The van der Waals surface area contributed by atoms with Gasteiger partial charge in [0.1, 0.15) is 0 Å². The third-order valence-electron chi connectivity index (χ3n) is 3.12. The van der Waals surface area contributed by atoms with Crippen molar-refractivity contribution in [1.29, 1.82) is 0 Å². The number of benzene rings is 1. The number of nitrogens with zero attached hydrogens (tertiary/aromatic N) is 1. The average Bonchev–Trinajstić information content (AvgIpc) is 2.71. The second-order valence-corrected chi connectivity index (χ2v) is 4.82. The molecule has 0 saturated heterocycles. The van der Waals surface area contributed by atoms with Crippen LogP contribution in [-0.2, 0) is 9.47 Å². The van der Waals surface area contributed by atoms with E-state index in [1.807, 2.05) is 0 Å². The molecular formula is C16H19NO4. The first-order valence-electron chi connectivity index (χ1n) is 6.92. The van der Waals surface area contributed by atoms with Gasteiger partial charge in [-0.05, 0) is 19.1 Å². The molecule has 0 aromatic heterocycles. The molecule has 21 heavy (non-hydrogen) atoms. The van der Waals surface area contributed by atoms with Gasteiger partial charge in [-0.25, -0.2) is 0 Å². The molecule has 0 unspecified atom stereocenters. The predicted molar refractivity (Wildman–Crippen MR) is 78.0 cm³/mol. The number of rotatable bonds is 8. The van der Waals surface area contributed by atoms with Crippen LogP contribution in [0.2, 0.25) is 0 Å². The van der Waals surface area contributed by atoms with Gasteiger partial charge in [-0.2, -0.15) is 0 Å². The van der Waals surface area contributed by atoms with Crippen LogP contribution in [-0.4, -0.2) is 43.1 Å². The molecule has 0 bridgehead atoms. The third kappa shape index (κ3) is 3.70. The fraction of sp³-hybridized carbons (Fsp3) is 0.375. The summed E-state index contributed by atoms with van der Waals surface area (Å²) in [5.74, 6) is 0.190.